The van der Waals surface area contributed by atoms with Crippen molar-refractivity contribution < 1.29 is 0 Å². The van der Waals surface area contributed by atoms with Gasteiger partial charge in [-0.3, -0.25) is 5.43 Å². The second-order valence-electron chi connectivity index (χ2n) is 2.67. The summed E-state index contributed by atoms with van der Waals surface area (Å²) >= 11 is 4.77. The lowest BCUT2D eigenvalue weighted by Gasteiger charge is -1.93. The molecule has 1 heterocycles. The SMILES string of the molecule is Brc1ccc(/C=N/Nc2nncs2)cc1. The molecule has 6 heteroatoms. The number of hydrogen-bond donors (Lipinski definition) is 1. The van der Waals surface area contributed by atoms with Gasteiger partial charge in [-0.05, 0) is 17.7 Å². The summed E-state index contributed by atoms with van der Waals surface area (Å²) in [6.45, 7) is 0. The number of hydrogen-bond acceptors (Lipinski definition) is 5. The Hall–Kier alpha value is -1.27. The summed E-state index contributed by atoms with van der Waals surface area (Å²) < 4.78 is 1.05. The Morgan fingerprint density at radius 3 is 2.80 bits per heavy atom. The minimum Gasteiger partial charge on any atom is -0.251 e. The number of rotatable bonds is 3. The average Bonchev–Trinajstić information content (AvgIpc) is 2.74. The summed E-state index contributed by atoms with van der Waals surface area (Å²) in [5, 5.41) is 12.2. The van der Waals surface area contributed by atoms with Gasteiger partial charge in [0.15, 0.2) is 0 Å². The Kier molecular flexibility index (Phi) is 3.41. The molecule has 1 aromatic carbocycles. The number of halogens is 1. The van der Waals surface area contributed by atoms with Crippen LogP contribution in [0.4, 0.5) is 5.13 Å². The van der Waals surface area contributed by atoms with Gasteiger partial charge >= 0.3 is 0 Å². The van der Waals surface area contributed by atoms with Crippen LogP contribution in [0.1, 0.15) is 5.56 Å². The maximum atomic E-state index is 4.03. The monoisotopic (exact) mass is 282 g/mol. The molecule has 1 N–H and O–H groups in total. The van der Waals surface area contributed by atoms with Gasteiger partial charge < -0.3 is 0 Å². The van der Waals surface area contributed by atoms with Crippen molar-refractivity contribution in [2.75, 3.05) is 5.43 Å². The highest BCUT2D eigenvalue weighted by Crippen LogP contribution is 2.10. The molecular weight excluding hydrogens is 276 g/mol. The van der Waals surface area contributed by atoms with Crippen molar-refractivity contribution in [1.29, 1.82) is 0 Å². The summed E-state index contributed by atoms with van der Waals surface area (Å²) in [7, 11) is 0. The van der Waals surface area contributed by atoms with Crippen molar-refractivity contribution in [2.24, 2.45) is 5.10 Å². The third-order valence-corrected chi connectivity index (χ3v) is 2.73. The topological polar surface area (TPSA) is 50.2 Å². The first-order chi connectivity index (χ1) is 7.34. The van der Waals surface area contributed by atoms with Gasteiger partial charge in [-0.25, -0.2) is 0 Å². The summed E-state index contributed by atoms with van der Waals surface area (Å²) in [6, 6.07) is 7.86. The molecule has 2 aromatic rings. The van der Waals surface area contributed by atoms with Crippen molar-refractivity contribution in [1.82, 2.24) is 10.2 Å². The van der Waals surface area contributed by atoms with Crippen molar-refractivity contribution in [3.05, 3.63) is 39.8 Å². The Bertz CT molecular complexity index is 438. The quantitative estimate of drug-likeness (QED) is 0.696. The van der Waals surface area contributed by atoms with Crippen LogP contribution in [0.15, 0.2) is 39.4 Å². The maximum Gasteiger partial charge on any atom is 0.225 e. The molecule has 76 valence electrons. The third kappa shape index (κ3) is 3.10. The number of anilines is 1. The average molecular weight is 283 g/mol. The van der Waals surface area contributed by atoms with Crippen LogP contribution >= 0.6 is 27.3 Å². The fraction of sp³-hybridized carbons (Fsp3) is 0. The highest BCUT2D eigenvalue weighted by atomic mass is 79.9. The molecule has 4 nitrogen and oxygen atoms in total. The first-order valence-corrected chi connectivity index (χ1v) is 5.83. The van der Waals surface area contributed by atoms with E-state index < -0.39 is 0 Å². The maximum absolute atomic E-state index is 4.03. The Balaban J connectivity index is 1.97. The molecule has 0 saturated heterocycles. The molecule has 0 radical (unpaired) electrons. The summed E-state index contributed by atoms with van der Waals surface area (Å²) in [4.78, 5) is 0. The van der Waals surface area contributed by atoms with Crippen LogP contribution in [0.5, 0.6) is 0 Å². The van der Waals surface area contributed by atoms with Gasteiger partial charge in [0, 0.05) is 4.47 Å². The van der Waals surface area contributed by atoms with Crippen molar-refractivity contribution in [3.8, 4) is 0 Å². The fourth-order valence-corrected chi connectivity index (χ4v) is 1.59. The molecule has 2 rings (SSSR count). The fourth-order valence-electron chi connectivity index (χ4n) is 0.933. The molecule has 1 aromatic heterocycles. The lowest BCUT2D eigenvalue weighted by molar-refractivity contribution is 1.08. The van der Waals surface area contributed by atoms with Gasteiger partial charge in [0.25, 0.3) is 0 Å². The van der Waals surface area contributed by atoms with E-state index in [1.54, 1.807) is 11.7 Å². The Morgan fingerprint density at radius 1 is 1.33 bits per heavy atom. The first-order valence-electron chi connectivity index (χ1n) is 4.15. The summed E-state index contributed by atoms with van der Waals surface area (Å²) in [5.41, 5.74) is 5.46. The molecule has 0 spiro atoms. The minimum atomic E-state index is 0.684. The Labute approximate surface area is 99.2 Å². The van der Waals surface area contributed by atoms with Crippen molar-refractivity contribution in [3.63, 3.8) is 0 Å². The van der Waals surface area contributed by atoms with Crippen LogP contribution in [-0.2, 0) is 0 Å². The second kappa shape index (κ2) is 4.99. The van der Waals surface area contributed by atoms with Gasteiger partial charge in [-0.2, -0.15) is 5.10 Å². The van der Waals surface area contributed by atoms with E-state index in [4.69, 9.17) is 0 Å². The van der Waals surface area contributed by atoms with E-state index in [9.17, 15) is 0 Å². The van der Waals surface area contributed by atoms with E-state index in [0.717, 1.165) is 10.0 Å². The largest absolute Gasteiger partial charge is 0.251 e. The van der Waals surface area contributed by atoms with Gasteiger partial charge in [-0.1, -0.05) is 39.4 Å². The van der Waals surface area contributed by atoms with Gasteiger partial charge in [0.2, 0.25) is 5.13 Å². The third-order valence-electron chi connectivity index (χ3n) is 1.60. The van der Waals surface area contributed by atoms with E-state index in [1.807, 2.05) is 24.3 Å². The highest BCUT2D eigenvalue weighted by molar-refractivity contribution is 9.10. The van der Waals surface area contributed by atoms with Crippen molar-refractivity contribution in [2.45, 2.75) is 0 Å². The summed E-state index contributed by atoms with van der Waals surface area (Å²) in [6.07, 6.45) is 1.73. The molecule has 0 saturated carbocycles. The van der Waals surface area contributed by atoms with Crippen LogP contribution in [-0.4, -0.2) is 16.4 Å². The van der Waals surface area contributed by atoms with E-state index in [2.05, 4.69) is 36.7 Å². The standard InChI is InChI=1S/C9H7BrN4S/c10-8-3-1-7(2-4-8)5-11-13-9-14-12-6-15-9/h1-6H,(H,13,14)/b11-5+. The van der Waals surface area contributed by atoms with Gasteiger partial charge in [0.1, 0.15) is 5.51 Å². The van der Waals surface area contributed by atoms with Crippen LogP contribution in [0.2, 0.25) is 0 Å². The van der Waals surface area contributed by atoms with Gasteiger partial charge in [0.05, 0.1) is 6.21 Å². The lowest BCUT2D eigenvalue weighted by Crippen LogP contribution is -1.89. The molecule has 15 heavy (non-hydrogen) atoms. The van der Waals surface area contributed by atoms with Crippen LogP contribution < -0.4 is 5.43 Å². The van der Waals surface area contributed by atoms with Crippen molar-refractivity contribution >= 4 is 38.6 Å². The van der Waals surface area contributed by atoms with E-state index in [-0.39, 0.29) is 0 Å². The number of nitrogens with one attached hydrogen (secondary N) is 1. The zero-order valence-electron chi connectivity index (χ0n) is 7.59. The summed E-state index contributed by atoms with van der Waals surface area (Å²) in [5.74, 6) is 0. The van der Waals surface area contributed by atoms with Crippen LogP contribution in [0.25, 0.3) is 0 Å². The number of aromatic nitrogens is 2. The van der Waals surface area contributed by atoms with E-state index in [0.29, 0.717) is 5.13 Å². The minimum absolute atomic E-state index is 0.684. The lowest BCUT2D eigenvalue weighted by atomic mass is 10.2. The Morgan fingerprint density at radius 2 is 2.13 bits per heavy atom. The predicted molar refractivity (Wildman–Crippen MR) is 65.3 cm³/mol. The molecule has 0 unspecified atom stereocenters. The van der Waals surface area contributed by atoms with E-state index >= 15 is 0 Å². The number of benzene rings is 1. The zero-order chi connectivity index (χ0) is 10.5. The molecular formula is C9H7BrN4S. The number of hydrazone groups is 1. The molecule has 0 atom stereocenters. The first kappa shape index (κ1) is 10.3. The highest BCUT2D eigenvalue weighted by Gasteiger charge is 1.91. The zero-order valence-corrected chi connectivity index (χ0v) is 9.99. The smallest absolute Gasteiger partial charge is 0.225 e. The van der Waals surface area contributed by atoms with E-state index in [1.165, 1.54) is 11.3 Å². The molecule has 0 aliphatic rings. The second-order valence-corrected chi connectivity index (χ2v) is 4.41. The van der Waals surface area contributed by atoms with Crippen LogP contribution in [0.3, 0.4) is 0 Å². The number of nitrogens with zero attached hydrogens (tertiary/aromatic N) is 3. The molecule has 0 fully saturated rings. The normalized spacial score (nSPS) is 10.7. The predicted octanol–water partition coefficient (Wildman–Crippen LogP) is 2.75. The molecule has 0 aliphatic heterocycles. The van der Waals surface area contributed by atoms with Gasteiger partial charge in [-0.15, -0.1) is 10.2 Å². The van der Waals surface area contributed by atoms with Crippen LogP contribution in [0, 0.1) is 0 Å². The molecule has 0 aliphatic carbocycles. The molecule has 0 amide bonds. The molecule has 0 bridgehead atoms.